The first-order valence-corrected chi connectivity index (χ1v) is 7.04. The van der Waals surface area contributed by atoms with Crippen LogP contribution in [0.4, 0.5) is 0 Å². The van der Waals surface area contributed by atoms with Gasteiger partial charge in [0.25, 0.3) is 0 Å². The molecular weight excluding hydrogens is 208 g/mol. The van der Waals surface area contributed by atoms with Crippen molar-refractivity contribution in [3.63, 3.8) is 0 Å². The van der Waals surface area contributed by atoms with Gasteiger partial charge in [0, 0.05) is 6.42 Å². The van der Waals surface area contributed by atoms with E-state index in [9.17, 15) is 4.79 Å². The number of fused-ring (bicyclic) bond motifs is 1. The lowest BCUT2D eigenvalue weighted by molar-refractivity contribution is -0.107. The maximum Gasteiger partial charge on any atom is 0.124 e. The molecule has 2 aliphatic carbocycles. The second-order valence-corrected chi connectivity index (χ2v) is 6.98. The third kappa shape index (κ3) is 1.98. The van der Waals surface area contributed by atoms with Gasteiger partial charge in [-0.1, -0.05) is 38.3 Å². The first-order chi connectivity index (χ1) is 7.92. The van der Waals surface area contributed by atoms with Crippen LogP contribution in [0.5, 0.6) is 0 Å². The molecule has 0 aromatic heterocycles. The third-order valence-corrected chi connectivity index (χ3v) is 5.53. The molecule has 1 saturated carbocycles. The Labute approximate surface area is 106 Å². The molecule has 0 spiro atoms. The van der Waals surface area contributed by atoms with Gasteiger partial charge in [-0.3, -0.25) is 0 Å². The van der Waals surface area contributed by atoms with Gasteiger partial charge in [0.2, 0.25) is 0 Å². The fourth-order valence-corrected chi connectivity index (χ4v) is 4.68. The Balaban J connectivity index is 2.42. The van der Waals surface area contributed by atoms with Gasteiger partial charge in [-0.05, 0) is 49.4 Å². The largest absolute Gasteiger partial charge is 0.303 e. The Bertz CT molecular complexity index is 351. The lowest BCUT2D eigenvalue weighted by Gasteiger charge is -2.55. The van der Waals surface area contributed by atoms with Crippen LogP contribution in [0, 0.1) is 16.7 Å². The van der Waals surface area contributed by atoms with E-state index in [1.165, 1.54) is 43.3 Å². The third-order valence-electron chi connectivity index (χ3n) is 5.53. The lowest BCUT2D eigenvalue weighted by atomic mass is 9.50. The van der Waals surface area contributed by atoms with Crippen LogP contribution in [-0.4, -0.2) is 6.29 Å². The van der Waals surface area contributed by atoms with Crippen molar-refractivity contribution in [2.75, 3.05) is 0 Å². The predicted octanol–water partition coefficient (Wildman–Crippen LogP) is 4.52. The molecule has 2 aliphatic rings. The van der Waals surface area contributed by atoms with Crippen molar-refractivity contribution in [3.8, 4) is 0 Å². The molecule has 96 valence electrons. The zero-order chi connectivity index (χ0) is 12.7. The molecule has 0 N–H and O–H groups in total. The SMILES string of the molecule is CC1=C(CC=O)[C@]2(C)CCCC(C)(C)[C@H]2CC1. The van der Waals surface area contributed by atoms with E-state index in [0.29, 0.717) is 17.3 Å². The van der Waals surface area contributed by atoms with Crippen molar-refractivity contribution in [2.24, 2.45) is 16.7 Å². The molecule has 0 aromatic carbocycles. The Kier molecular flexibility index (Phi) is 3.22. The van der Waals surface area contributed by atoms with Gasteiger partial charge in [0.1, 0.15) is 6.29 Å². The van der Waals surface area contributed by atoms with Crippen LogP contribution < -0.4 is 0 Å². The molecule has 0 bridgehead atoms. The van der Waals surface area contributed by atoms with E-state index in [2.05, 4.69) is 27.7 Å². The van der Waals surface area contributed by atoms with E-state index < -0.39 is 0 Å². The summed E-state index contributed by atoms with van der Waals surface area (Å²) in [6.45, 7) is 9.50. The first-order valence-electron chi connectivity index (χ1n) is 7.04. The Morgan fingerprint density at radius 3 is 2.65 bits per heavy atom. The minimum atomic E-state index is 0.297. The summed E-state index contributed by atoms with van der Waals surface area (Å²) in [6.07, 6.45) is 8.23. The molecule has 0 unspecified atom stereocenters. The summed E-state index contributed by atoms with van der Waals surface area (Å²) in [4.78, 5) is 11.0. The number of hydrogen-bond donors (Lipinski definition) is 0. The molecule has 0 aromatic rings. The van der Waals surface area contributed by atoms with E-state index >= 15 is 0 Å². The average molecular weight is 234 g/mol. The second kappa shape index (κ2) is 4.26. The minimum absolute atomic E-state index is 0.297. The minimum Gasteiger partial charge on any atom is -0.303 e. The number of hydrogen-bond acceptors (Lipinski definition) is 1. The van der Waals surface area contributed by atoms with Crippen molar-refractivity contribution in [3.05, 3.63) is 11.1 Å². The monoisotopic (exact) mass is 234 g/mol. The summed E-state index contributed by atoms with van der Waals surface area (Å²) in [5, 5.41) is 0. The standard InChI is InChI=1S/C16H26O/c1-12-6-7-14-15(2,3)9-5-10-16(14,4)13(12)8-11-17/h11,14H,5-10H2,1-4H3/t14-,16+/m1/s1. The fourth-order valence-electron chi connectivity index (χ4n) is 4.68. The van der Waals surface area contributed by atoms with Crippen LogP contribution in [0.3, 0.4) is 0 Å². The van der Waals surface area contributed by atoms with Crippen molar-refractivity contribution in [2.45, 2.75) is 66.2 Å². The van der Waals surface area contributed by atoms with Crippen molar-refractivity contribution < 1.29 is 4.79 Å². The van der Waals surface area contributed by atoms with Crippen molar-refractivity contribution in [1.82, 2.24) is 0 Å². The molecule has 0 radical (unpaired) electrons. The molecule has 0 saturated heterocycles. The van der Waals surface area contributed by atoms with Crippen LogP contribution in [-0.2, 0) is 4.79 Å². The lowest BCUT2D eigenvalue weighted by Crippen LogP contribution is -2.45. The molecule has 0 heterocycles. The second-order valence-electron chi connectivity index (χ2n) is 6.98. The quantitative estimate of drug-likeness (QED) is 0.507. The van der Waals surface area contributed by atoms with Crippen molar-refractivity contribution in [1.29, 1.82) is 0 Å². The van der Waals surface area contributed by atoms with Crippen LogP contribution in [0.15, 0.2) is 11.1 Å². The smallest absolute Gasteiger partial charge is 0.124 e. The molecule has 1 heteroatoms. The maximum absolute atomic E-state index is 11.0. The van der Waals surface area contributed by atoms with Gasteiger partial charge in [-0.15, -0.1) is 0 Å². The molecule has 0 aliphatic heterocycles. The van der Waals surface area contributed by atoms with Crippen LogP contribution in [0.2, 0.25) is 0 Å². The van der Waals surface area contributed by atoms with Gasteiger partial charge in [0.15, 0.2) is 0 Å². The number of carbonyl (C=O) groups is 1. The van der Waals surface area contributed by atoms with Gasteiger partial charge >= 0.3 is 0 Å². The van der Waals surface area contributed by atoms with Crippen LogP contribution in [0.1, 0.15) is 66.2 Å². The van der Waals surface area contributed by atoms with Crippen LogP contribution in [0.25, 0.3) is 0 Å². The summed E-state index contributed by atoms with van der Waals surface area (Å²) in [7, 11) is 0. The normalized spacial score (nSPS) is 36.6. The maximum atomic E-state index is 11.0. The zero-order valence-electron chi connectivity index (χ0n) is 11.8. The highest BCUT2D eigenvalue weighted by Gasteiger charge is 2.49. The predicted molar refractivity (Wildman–Crippen MR) is 71.8 cm³/mol. The number of rotatable bonds is 2. The first kappa shape index (κ1) is 12.9. The van der Waals surface area contributed by atoms with E-state index in [-0.39, 0.29) is 0 Å². The molecule has 2 rings (SSSR count). The Morgan fingerprint density at radius 2 is 2.00 bits per heavy atom. The van der Waals surface area contributed by atoms with E-state index in [1.54, 1.807) is 0 Å². The number of aldehydes is 1. The number of allylic oxidation sites excluding steroid dienone is 2. The van der Waals surface area contributed by atoms with Crippen LogP contribution >= 0.6 is 0 Å². The highest BCUT2D eigenvalue weighted by Crippen LogP contribution is 2.59. The topological polar surface area (TPSA) is 17.1 Å². The summed E-state index contributed by atoms with van der Waals surface area (Å²) in [6, 6.07) is 0. The molecule has 2 atom stereocenters. The van der Waals surface area contributed by atoms with Gasteiger partial charge in [0.05, 0.1) is 0 Å². The molecule has 17 heavy (non-hydrogen) atoms. The van der Waals surface area contributed by atoms with E-state index in [1.807, 2.05) is 0 Å². The van der Waals surface area contributed by atoms with Crippen molar-refractivity contribution >= 4 is 6.29 Å². The molecule has 0 amide bonds. The van der Waals surface area contributed by atoms with E-state index in [4.69, 9.17) is 0 Å². The fraction of sp³-hybridized carbons (Fsp3) is 0.812. The van der Waals surface area contributed by atoms with Gasteiger partial charge in [-0.2, -0.15) is 0 Å². The average Bonchev–Trinajstić information content (AvgIpc) is 2.22. The summed E-state index contributed by atoms with van der Waals surface area (Å²) in [5.74, 6) is 0.766. The number of carbonyl (C=O) groups excluding carboxylic acids is 1. The highest BCUT2D eigenvalue weighted by molar-refractivity contribution is 5.56. The van der Waals surface area contributed by atoms with E-state index in [0.717, 1.165) is 12.2 Å². The Hall–Kier alpha value is -0.590. The van der Waals surface area contributed by atoms with Gasteiger partial charge in [-0.25, -0.2) is 0 Å². The molecule has 1 fully saturated rings. The molecule has 1 nitrogen and oxygen atoms in total. The van der Waals surface area contributed by atoms with Gasteiger partial charge < -0.3 is 4.79 Å². The highest BCUT2D eigenvalue weighted by atomic mass is 16.1. The summed E-state index contributed by atoms with van der Waals surface area (Å²) >= 11 is 0. The summed E-state index contributed by atoms with van der Waals surface area (Å²) in [5.41, 5.74) is 3.71. The zero-order valence-corrected chi connectivity index (χ0v) is 11.8. The molecular formula is C16H26O. The Morgan fingerprint density at radius 1 is 1.29 bits per heavy atom. The summed E-state index contributed by atoms with van der Waals surface area (Å²) < 4.78 is 0.